The first-order valence-corrected chi connectivity index (χ1v) is 9.44. The number of nitrogens with zero attached hydrogens (tertiary/aromatic N) is 4. The molecule has 6 nitrogen and oxygen atoms in total. The van der Waals surface area contributed by atoms with Crippen LogP contribution in [0.2, 0.25) is 0 Å². The molecule has 1 spiro atoms. The average molecular weight is 364 g/mol. The summed E-state index contributed by atoms with van der Waals surface area (Å²) >= 11 is 0. The Hall–Kier alpha value is -2.76. The zero-order chi connectivity index (χ0) is 18.9. The van der Waals surface area contributed by atoms with Gasteiger partial charge < -0.3 is 9.80 Å². The first-order chi connectivity index (χ1) is 13.1. The Morgan fingerprint density at radius 2 is 1.81 bits per heavy atom. The van der Waals surface area contributed by atoms with E-state index in [1.165, 1.54) is 11.9 Å². The molecule has 2 aromatic rings. The first kappa shape index (κ1) is 17.6. The van der Waals surface area contributed by atoms with Crippen LogP contribution in [0, 0.1) is 5.41 Å². The Labute approximate surface area is 159 Å². The predicted molar refractivity (Wildman–Crippen MR) is 101 cm³/mol. The van der Waals surface area contributed by atoms with Crippen molar-refractivity contribution in [3.05, 3.63) is 60.2 Å². The third-order valence-electron chi connectivity index (χ3n) is 6.08. The van der Waals surface area contributed by atoms with E-state index >= 15 is 0 Å². The zero-order valence-corrected chi connectivity index (χ0v) is 15.5. The Kier molecular flexibility index (Phi) is 4.64. The Morgan fingerprint density at radius 3 is 2.48 bits per heavy atom. The van der Waals surface area contributed by atoms with E-state index in [2.05, 4.69) is 22.1 Å². The topological polar surface area (TPSA) is 66.4 Å². The van der Waals surface area contributed by atoms with E-state index in [1.807, 2.05) is 35.0 Å². The number of piperidine rings is 1. The molecule has 2 aliphatic heterocycles. The van der Waals surface area contributed by atoms with Crippen molar-refractivity contribution in [1.29, 1.82) is 0 Å². The number of aromatic nitrogens is 2. The van der Waals surface area contributed by atoms with Crippen molar-refractivity contribution in [3.63, 3.8) is 0 Å². The summed E-state index contributed by atoms with van der Waals surface area (Å²) in [6.45, 7) is 1.21. The number of benzene rings is 1. The molecule has 0 unspecified atom stereocenters. The van der Waals surface area contributed by atoms with Gasteiger partial charge in [-0.15, -0.1) is 0 Å². The Bertz CT molecular complexity index is 817. The molecule has 6 heteroatoms. The minimum absolute atomic E-state index is 0.0508. The molecule has 0 N–H and O–H groups in total. The van der Waals surface area contributed by atoms with Gasteiger partial charge in [0.1, 0.15) is 6.33 Å². The number of hydrogen-bond donors (Lipinski definition) is 0. The maximum absolute atomic E-state index is 13.0. The number of hydrogen-bond acceptors (Lipinski definition) is 4. The standard InChI is InChI=1S/C21H24N4O2/c1-24-18(11-16-5-3-2-4-6-16)12-21(20(24)27)7-9-25(10-8-21)19(26)17-13-22-15-23-14-17/h2-6,13-15,18H,7-12H2,1H3/t18-/m1/s1. The molecule has 4 rings (SSSR count). The summed E-state index contributed by atoms with van der Waals surface area (Å²) in [4.78, 5) is 37.2. The first-order valence-electron chi connectivity index (χ1n) is 9.44. The van der Waals surface area contributed by atoms with Gasteiger partial charge in [-0.3, -0.25) is 9.59 Å². The van der Waals surface area contributed by atoms with Crippen LogP contribution in [-0.2, 0) is 11.2 Å². The van der Waals surface area contributed by atoms with E-state index in [9.17, 15) is 9.59 Å². The number of likely N-dealkylation sites (tertiary alicyclic amines) is 2. The summed E-state index contributed by atoms with van der Waals surface area (Å²) in [6, 6.07) is 10.6. The second kappa shape index (κ2) is 7.10. The Balaban J connectivity index is 1.43. The number of likely N-dealkylation sites (N-methyl/N-ethyl adjacent to an activating group) is 1. The molecule has 2 amide bonds. The van der Waals surface area contributed by atoms with Gasteiger partial charge in [0.25, 0.3) is 5.91 Å². The lowest BCUT2D eigenvalue weighted by Crippen LogP contribution is -2.46. The molecule has 0 radical (unpaired) electrons. The van der Waals surface area contributed by atoms with Gasteiger partial charge in [0, 0.05) is 38.6 Å². The van der Waals surface area contributed by atoms with Crippen LogP contribution in [0.15, 0.2) is 49.1 Å². The molecule has 1 aromatic heterocycles. The maximum atomic E-state index is 13.0. The van der Waals surface area contributed by atoms with Crippen LogP contribution < -0.4 is 0 Å². The SMILES string of the molecule is CN1C(=O)C2(CCN(C(=O)c3cncnc3)CC2)C[C@H]1Cc1ccccc1. The molecule has 0 saturated carbocycles. The van der Waals surface area contributed by atoms with Crippen molar-refractivity contribution in [2.75, 3.05) is 20.1 Å². The average Bonchev–Trinajstić information content (AvgIpc) is 2.94. The third kappa shape index (κ3) is 3.31. The van der Waals surface area contributed by atoms with Gasteiger partial charge in [-0.2, -0.15) is 0 Å². The van der Waals surface area contributed by atoms with Crippen molar-refractivity contribution in [3.8, 4) is 0 Å². The summed E-state index contributed by atoms with van der Waals surface area (Å²) in [5.74, 6) is 0.184. The summed E-state index contributed by atoms with van der Waals surface area (Å²) in [5, 5.41) is 0. The van der Waals surface area contributed by atoms with Crippen LogP contribution >= 0.6 is 0 Å². The van der Waals surface area contributed by atoms with E-state index in [0.29, 0.717) is 18.7 Å². The predicted octanol–water partition coefficient (Wildman–Crippen LogP) is 2.17. The second-order valence-electron chi connectivity index (χ2n) is 7.66. The lowest BCUT2D eigenvalue weighted by Gasteiger charge is -2.37. The van der Waals surface area contributed by atoms with Gasteiger partial charge in [0.2, 0.25) is 5.91 Å². The fourth-order valence-corrected chi connectivity index (χ4v) is 4.46. The highest BCUT2D eigenvalue weighted by molar-refractivity contribution is 5.94. The van der Waals surface area contributed by atoms with Gasteiger partial charge in [0.05, 0.1) is 11.0 Å². The van der Waals surface area contributed by atoms with Crippen LogP contribution in [0.25, 0.3) is 0 Å². The fourth-order valence-electron chi connectivity index (χ4n) is 4.46. The summed E-state index contributed by atoms with van der Waals surface area (Å²) in [7, 11) is 1.92. The molecular formula is C21H24N4O2. The van der Waals surface area contributed by atoms with Crippen LogP contribution in [0.3, 0.4) is 0 Å². The van der Waals surface area contributed by atoms with Gasteiger partial charge in [-0.1, -0.05) is 30.3 Å². The quantitative estimate of drug-likeness (QED) is 0.837. The molecule has 2 aliphatic rings. The molecule has 1 aromatic carbocycles. The molecular weight excluding hydrogens is 340 g/mol. The highest BCUT2D eigenvalue weighted by Gasteiger charge is 2.51. The molecule has 27 heavy (non-hydrogen) atoms. The van der Waals surface area contributed by atoms with Crippen molar-refractivity contribution < 1.29 is 9.59 Å². The minimum atomic E-state index is -0.321. The minimum Gasteiger partial charge on any atom is -0.342 e. The molecule has 140 valence electrons. The largest absolute Gasteiger partial charge is 0.342 e. The number of carbonyl (C=O) groups excluding carboxylic acids is 2. The van der Waals surface area contributed by atoms with Crippen LogP contribution in [0.5, 0.6) is 0 Å². The van der Waals surface area contributed by atoms with Gasteiger partial charge >= 0.3 is 0 Å². The smallest absolute Gasteiger partial charge is 0.256 e. The fraction of sp³-hybridized carbons (Fsp3) is 0.429. The Morgan fingerprint density at radius 1 is 1.15 bits per heavy atom. The van der Waals surface area contributed by atoms with Crippen LogP contribution in [0.4, 0.5) is 0 Å². The van der Waals surface area contributed by atoms with Crippen molar-refractivity contribution >= 4 is 11.8 Å². The van der Waals surface area contributed by atoms with Crippen molar-refractivity contribution in [2.24, 2.45) is 5.41 Å². The van der Waals surface area contributed by atoms with E-state index in [4.69, 9.17) is 0 Å². The molecule has 2 fully saturated rings. The van der Waals surface area contributed by atoms with E-state index in [-0.39, 0.29) is 23.3 Å². The summed E-state index contributed by atoms with van der Waals surface area (Å²) < 4.78 is 0. The van der Waals surface area contributed by atoms with E-state index in [0.717, 1.165) is 25.7 Å². The summed E-state index contributed by atoms with van der Waals surface area (Å²) in [5.41, 5.74) is 1.44. The van der Waals surface area contributed by atoms with Crippen LogP contribution in [0.1, 0.15) is 35.2 Å². The molecule has 0 aliphatic carbocycles. The molecule has 2 saturated heterocycles. The molecule has 1 atom stereocenters. The number of carbonyl (C=O) groups is 2. The van der Waals surface area contributed by atoms with Gasteiger partial charge in [-0.05, 0) is 31.2 Å². The lowest BCUT2D eigenvalue weighted by molar-refractivity contribution is -0.137. The van der Waals surface area contributed by atoms with E-state index in [1.54, 1.807) is 12.4 Å². The molecule has 3 heterocycles. The van der Waals surface area contributed by atoms with Crippen molar-refractivity contribution in [2.45, 2.75) is 31.7 Å². The monoisotopic (exact) mass is 364 g/mol. The maximum Gasteiger partial charge on any atom is 0.256 e. The normalized spacial score (nSPS) is 21.7. The molecule has 0 bridgehead atoms. The zero-order valence-electron chi connectivity index (χ0n) is 15.5. The summed E-state index contributed by atoms with van der Waals surface area (Å²) in [6.07, 6.45) is 7.71. The highest BCUT2D eigenvalue weighted by atomic mass is 16.2. The second-order valence-corrected chi connectivity index (χ2v) is 7.66. The van der Waals surface area contributed by atoms with Crippen molar-refractivity contribution in [1.82, 2.24) is 19.8 Å². The lowest BCUT2D eigenvalue weighted by atomic mass is 9.75. The van der Waals surface area contributed by atoms with Gasteiger partial charge in [-0.25, -0.2) is 9.97 Å². The number of amides is 2. The van der Waals surface area contributed by atoms with Crippen LogP contribution in [-0.4, -0.2) is 57.8 Å². The third-order valence-corrected chi connectivity index (χ3v) is 6.08. The number of rotatable bonds is 3. The highest BCUT2D eigenvalue weighted by Crippen LogP contribution is 2.44. The van der Waals surface area contributed by atoms with E-state index < -0.39 is 0 Å². The van der Waals surface area contributed by atoms with Gasteiger partial charge in [0.15, 0.2) is 0 Å².